The molecule has 0 atom stereocenters. The van der Waals surface area contributed by atoms with Gasteiger partial charge in [-0.05, 0) is 6.42 Å². The topological polar surface area (TPSA) is 0 Å². The van der Waals surface area contributed by atoms with E-state index in [0.717, 1.165) is 12.3 Å². The SMILES string of the molecule is CCCCCl.[Ca+2].[H-].[H-]. The van der Waals surface area contributed by atoms with Crippen molar-refractivity contribution in [2.45, 2.75) is 19.8 Å². The zero-order valence-corrected chi connectivity index (χ0v) is 7.17. The van der Waals surface area contributed by atoms with Crippen molar-refractivity contribution in [2.24, 2.45) is 0 Å². The summed E-state index contributed by atoms with van der Waals surface area (Å²) in [4.78, 5) is 0. The molecule has 0 aliphatic heterocycles. The molecule has 0 N–H and O–H groups in total. The van der Waals surface area contributed by atoms with Crippen molar-refractivity contribution in [2.75, 3.05) is 5.88 Å². The van der Waals surface area contributed by atoms with E-state index in [1.807, 2.05) is 0 Å². The van der Waals surface area contributed by atoms with Crippen molar-refractivity contribution < 1.29 is 2.85 Å². The van der Waals surface area contributed by atoms with E-state index in [0.29, 0.717) is 0 Å². The minimum atomic E-state index is 0. The molecule has 0 amide bonds. The number of alkyl halides is 1. The first-order chi connectivity index (χ1) is 2.41. The Morgan fingerprint density at radius 3 is 2.17 bits per heavy atom. The van der Waals surface area contributed by atoms with Gasteiger partial charge in [-0.1, -0.05) is 13.3 Å². The molecule has 0 aromatic carbocycles. The first kappa shape index (κ1) is 10.5. The average molecular weight is 135 g/mol. The first-order valence-corrected chi connectivity index (χ1v) is 2.51. The molecule has 0 saturated carbocycles. The summed E-state index contributed by atoms with van der Waals surface area (Å²) in [6.07, 6.45) is 2.37. The van der Waals surface area contributed by atoms with Crippen LogP contribution in [-0.2, 0) is 0 Å². The normalized spacial score (nSPS) is 7.00. The maximum atomic E-state index is 5.30. The van der Waals surface area contributed by atoms with E-state index in [9.17, 15) is 0 Å². The number of hydrogen-bond acceptors (Lipinski definition) is 0. The third kappa shape index (κ3) is 9.12. The summed E-state index contributed by atoms with van der Waals surface area (Å²) in [6, 6.07) is 0. The van der Waals surface area contributed by atoms with Crippen LogP contribution in [0.3, 0.4) is 0 Å². The summed E-state index contributed by atoms with van der Waals surface area (Å²) in [5.74, 6) is 0.816. The molecule has 0 aromatic heterocycles. The quantitative estimate of drug-likeness (QED) is 0.400. The Kier molecular flexibility index (Phi) is 17.1. The number of rotatable bonds is 2. The van der Waals surface area contributed by atoms with E-state index >= 15 is 0 Å². The average Bonchev–Trinajstić information content (AvgIpc) is 1.41. The molecule has 0 spiro atoms. The zero-order chi connectivity index (χ0) is 4.12. The predicted octanol–water partition coefficient (Wildman–Crippen LogP) is 1.87. The number of halogens is 1. The van der Waals surface area contributed by atoms with E-state index in [1.165, 1.54) is 6.42 Å². The predicted molar refractivity (Wildman–Crippen MR) is 33.6 cm³/mol. The van der Waals surface area contributed by atoms with Crippen LogP contribution in [0.2, 0.25) is 0 Å². The van der Waals surface area contributed by atoms with Gasteiger partial charge in [0.25, 0.3) is 0 Å². The maximum Gasteiger partial charge on any atom is 2.00 e. The first-order valence-electron chi connectivity index (χ1n) is 1.97. The second-order valence-electron chi connectivity index (χ2n) is 1.04. The summed E-state index contributed by atoms with van der Waals surface area (Å²) < 4.78 is 0. The molecule has 6 heavy (non-hydrogen) atoms. The molecular formula is C4H11CaCl. The van der Waals surface area contributed by atoms with Gasteiger partial charge in [0.1, 0.15) is 0 Å². The summed E-state index contributed by atoms with van der Waals surface area (Å²) in [7, 11) is 0. The molecule has 0 aromatic rings. The van der Waals surface area contributed by atoms with Crippen LogP contribution < -0.4 is 0 Å². The van der Waals surface area contributed by atoms with Gasteiger partial charge in [-0.2, -0.15) is 0 Å². The Labute approximate surface area is 77.2 Å². The molecule has 0 fully saturated rings. The van der Waals surface area contributed by atoms with E-state index in [1.54, 1.807) is 0 Å². The smallest absolute Gasteiger partial charge is 1.00 e. The maximum absolute atomic E-state index is 5.30. The summed E-state index contributed by atoms with van der Waals surface area (Å²) >= 11 is 5.30. The van der Waals surface area contributed by atoms with Gasteiger partial charge in [0.15, 0.2) is 0 Å². The van der Waals surface area contributed by atoms with Gasteiger partial charge in [-0.15, -0.1) is 11.6 Å². The number of unbranched alkanes of at least 4 members (excludes halogenated alkanes) is 1. The second kappa shape index (κ2) is 9.75. The van der Waals surface area contributed by atoms with Crippen LogP contribution in [0.15, 0.2) is 0 Å². The summed E-state index contributed by atoms with van der Waals surface area (Å²) in [5, 5.41) is 0. The third-order valence-electron chi connectivity index (χ3n) is 0.487. The zero-order valence-electron chi connectivity index (χ0n) is 6.21. The molecule has 0 aliphatic carbocycles. The molecule has 0 nitrogen and oxygen atoms in total. The van der Waals surface area contributed by atoms with Crippen LogP contribution in [0.25, 0.3) is 0 Å². The monoisotopic (exact) mass is 134 g/mol. The fraction of sp³-hybridized carbons (Fsp3) is 1.00. The van der Waals surface area contributed by atoms with Gasteiger partial charge in [0.05, 0.1) is 0 Å². The van der Waals surface area contributed by atoms with Crippen LogP contribution >= 0.6 is 11.6 Å². The van der Waals surface area contributed by atoms with E-state index in [2.05, 4.69) is 6.92 Å². The summed E-state index contributed by atoms with van der Waals surface area (Å²) in [5.41, 5.74) is 0. The van der Waals surface area contributed by atoms with Crippen molar-refractivity contribution >= 4 is 49.3 Å². The molecule has 36 valence electrons. The van der Waals surface area contributed by atoms with Gasteiger partial charge < -0.3 is 2.85 Å². The Bertz CT molecular complexity index is 21.5. The van der Waals surface area contributed by atoms with Crippen molar-refractivity contribution in [1.82, 2.24) is 0 Å². The molecule has 0 heterocycles. The van der Waals surface area contributed by atoms with E-state index < -0.39 is 0 Å². The fourth-order valence-electron chi connectivity index (χ4n) is 0.134. The standard InChI is InChI=1S/C4H9Cl.Ca.2H/c1-2-3-4-5;;;/h2-4H2,1H3;;;/q;+2;2*-1. The Hall–Kier alpha value is 1.55. The molecule has 0 radical (unpaired) electrons. The van der Waals surface area contributed by atoms with Gasteiger partial charge in [0, 0.05) is 5.88 Å². The second-order valence-corrected chi connectivity index (χ2v) is 1.42. The van der Waals surface area contributed by atoms with Crippen LogP contribution in [0.4, 0.5) is 0 Å². The van der Waals surface area contributed by atoms with Crippen molar-refractivity contribution in [3.8, 4) is 0 Å². The van der Waals surface area contributed by atoms with Gasteiger partial charge >= 0.3 is 37.7 Å². The Morgan fingerprint density at radius 1 is 1.67 bits per heavy atom. The van der Waals surface area contributed by atoms with Gasteiger partial charge in [-0.3, -0.25) is 0 Å². The summed E-state index contributed by atoms with van der Waals surface area (Å²) in [6.45, 7) is 2.13. The van der Waals surface area contributed by atoms with E-state index in [4.69, 9.17) is 11.6 Å². The van der Waals surface area contributed by atoms with Crippen molar-refractivity contribution in [3.63, 3.8) is 0 Å². The fourth-order valence-corrected chi connectivity index (χ4v) is 0.401. The van der Waals surface area contributed by atoms with Crippen LogP contribution in [-0.4, -0.2) is 43.6 Å². The molecule has 0 saturated heterocycles. The largest absolute Gasteiger partial charge is 2.00 e. The molecule has 0 aliphatic rings. The molecular weight excluding hydrogens is 124 g/mol. The number of hydrogen-bond donors (Lipinski definition) is 0. The van der Waals surface area contributed by atoms with Crippen LogP contribution in [0, 0.1) is 0 Å². The van der Waals surface area contributed by atoms with Gasteiger partial charge in [-0.25, -0.2) is 0 Å². The Morgan fingerprint density at radius 2 is 2.17 bits per heavy atom. The molecule has 0 unspecified atom stereocenters. The van der Waals surface area contributed by atoms with Crippen LogP contribution in [0.5, 0.6) is 0 Å². The molecule has 2 heteroatoms. The minimum absolute atomic E-state index is 0. The van der Waals surface area contributed by atoms with Crippen molar-refractivity contribution in [3.05, 3.63) is 0 Å². The van der Waals surface area contributed by atoms with E-state index in [-0.39, 0.29) is 40.6 Å². The van der Waals surface area contributed by atoms with Gasteiger partial charge in [0.2, 0.25) is 0 Å². The molecule has 0 bridgehead atoms. The third-order valence-corrected chi connectivity index (χ3v) is 0.754. The van der Waals surface area contributed by atoms with Crippen LogP contribution in [0.1, 0.15) is 22.6 Å². The molecule has 0 rings (SSSR count). The minimum Gasteiger partial charge on any atom is -1.00 e. The van der Waals surface area contributed by atoms with Crippen molar-refractivity contribution in [1.29, 1.82) is 0 Å². The Balaban J connectivity index is -0.0000000267.